The molecular weight excluding hydrogens is 544 g/mol. The number of unbranched alkanes of at least 4 members (excludes halogenated alkanes) is 31. The predicted molar refractivity (Wildman–Crippen MR) is 202 cm³/mol. The molecule has 266 valence electrons. The Labute approximate surface area is 285 Å². The van der Waals surface area contributed by atoms with E-state index in [0.29, 0.717) is 0 Å². The Hall–Kier alpha value is -0.790. The summed E-state index contributed by atoms with van der Waals surface area (Å²) in [4.78, 5) is 0. The van der Waals surface area contributed by atoms with E-state index in [-0.39, 0.29) is 0 Å². The number of hydrogen-bond donors (Lipinski definition) is 0. The van der Waals surface area contributed by atoms with Gasteiger partial charge in [-0.25, -0.2) is 9.13 Å². The molecule has 0 spiro atoms. The Morgan fingerprint density at radius 1 is 0.378 bits per heavy atom. The van der Waals surface area contributed by atoms with Crippen molar-refractivity contribution in [3.8, 4) is 0 Å². The van der Waals surface area contributed by atoms with E-state index in [1.54, 1.807) is 5.82 Å². The summed E-state index contributed by atoms with van der Waals surface area (Å²) >= 11 is 0. The molecule has 0 unspecified atom stereocenters. The normalized spacial score (nSPS) is 11.6. The van der Waals surface area contributed by atoms with Crippen LogP contribution in [-0.4, -0.2) is 4.57 Å². The van der Waals surface area contributed by atoms with Crippen LogP contribution in [0, 0.1) is 0 Å². The number of nitrogens with zero attached hydrogens (tertiary/aromatic N) is 2. The van der Waals surface area contributed by atoms with Crippen molar-refractivity contribution in [3.63, 3.8) is 0 Å². The molecule has 0 bridgehead atoms. The lowest BCUT2D eigenvalue weighted by atomic mass is 10.0. The van der Waals surface area contributed by atoms with Crippen LogP contribution >= 0.6 is 0 Å². The van der Waals surface area contributed by atoms with Gasteiger partial charge in [0.05, 0.1) is 13.1 Å². The second-order valence-corrected chi connectivity index (χ2v) is 14.8. The van der Waals surface area contributed by atoms with E-state index >= 15 is 0 Å². The monoisotopic (exact) mass is 630 g/mol. The molecule has 1 aromatic heterocycles. The molecule has 2 heteroatoms. The first kappa shape index (κ1) is 42.2. The molecule has 0 atom stereocenters. The first-order valence-electron chi connectivity index (χ1n) is 21.4. The van der Waals surface area contributed by atoms with Gasteiger partial charge in [-0.2, -0.15) is 0 Å². The maximum Gasteiger partial charge on any atom is 0.256 e. The summed E-state index contributed by atoms with van der Waals surface area (Å²) in [5.74, 6) is 1.62. The molecule has 0 saturated carbocycles. The van der Waals surface area contributed by atoms with E-state index in [0.717, 1.165) is 0 Å². The van der Waals surface area contributed by atoms with E-state index in [2.05, 4.69) is 42.3 Å². The van der Waals surface area contributed by atoms with E-state index < -0.39 is 0 Å². The van der Waals surface area contributed by atoms with Crippen molar-refractivity contribution in [2.75, 3.05) is 0 Å². The summed E-state index contributed by atoms with van der Waals surface area (Å²) < 4.78 is 5.27. The zero-order chi connectivity index (χ0) is 32.3. The third kappa shape index (κ3) is 26.9. The van der Waals surface area contributed by atoms with E-state index in [4.69, 9.17) is 0 Å². The highest BCUT2D eigenvalue weighted by molar-refractivity contribution is 4.84. The number of rotatable bonds is 37. The molecule has 45 heavy (non-hydrogen) atoms. The second kappa shape index (κ2) is 34.5. The van der Waals surface area contributed by atoms with Gasteiger partial charge in [-0.15, -0.1) is 0 Å². The van der Waals surface area contributed by atoms with Crippen LogP contribution in [0.3, 0.4) is 0 Å². The molecule has 0 aliphatic carbocycles. The van der Waals surface area contributed by atoms with Gasteiger partial charge < -0.3 is 0 Å². The van der Waals surface area contributed by atoms with Crippen molar-refractivity contribution in [1.29, 1.82) is 0 Å². The minimum Gasteiger partial charge on any atom is -0.234 e. The van der Waals surface area contributed by atoms with Gasteiger partial charge in [0.25, 0.3) is 5.82 Å². The van der Waals surface area contributed by atoms with E-state index in [1.807, 2.05) is 0 Å². The van der Waals surface area contributed by atoms with Gasteiger partial charge in [0, 0.05) is 6.42 Å². The molecule has 0 amide bonds. The SMILES string of the molecule is CCCCCCCCCCCCCCCCCCCc1n(CCCCCCCCCCCC)cc[n+]1CCCCCCCCC. The molecule has 1 aromatic rings. The highest BCUT2D eigenvalue weighted by Gasteiger charge is 2.16. The number of imidazole rings is 1. The first-order chi connectivity index (χ1) is 22.3. The lowest BCUT2D eigenvalue weighted by Gasteiger charge is -2.07. The van der Waals surface area contributed by atoms with Gasteiger partial charge in [-0.1, -0.05) is 207 Å². The van der Waals surface area contributed by atoms with Gasteiger partial charge in [0.2, 0.25) is 0 Å². The molecule has 1 heterocycles. The molecule has 2 nitrogen and oxygen atoms in total. The maximum absolute atomic E-state index is 2.64. The molecule has 1 rings (SSSR count). The number of aromatic nitrogens is 2. The Morgan fingerprint density at radius 2 is 0.689 bits per heavy atom. The smallest absolute Gasteiger partial charge is 0.234 e. The second-order valence-electron chi connectivity index (χ2n) is 14.8. The van der Waals surface area contributed by atoms with Crippen LogP contribution in [0.4, 0.5) is 0 Å². The highest BCUT2D eigenvalue weighted by atomic mass is 15.1. The van der Waals surface area contributed by atoms with Crippen LogP contribution in [0.25, 0.3) is 0 Å². The fraction of sp³-hybridized carbons (Fsp3) is 0.930. The first-order valence-corrected chi connectivity index (χ1v) is 21.4. The topological polar surface area (TPSA) is 8.81 Å². The standard InChI is InChI=1S/C43H85N2/c1-4-7-10-13-16-18-20-21-22-23-24-25-26-27-29-32-35-38-43-44(39-36-33-30-15-12-9-6-3)41-42-45(43)40-37-34-31-28-19-17-14-11-8-5-2/h41-42H,4-40H2,1-3H3/q+1. The van der Waals surface area contributed by atoms with Crippen molar-refractivity contribution in [2.24, 2.45) is 0 Å². The van der Waals surface area contributed by atoms with Crippen LogP contribution in [0.5, 0.6) is 0 Å². The Bertz CT molecular complexity index is 692. The molecule has 0 saturated heterocycles. The summed E-state index contributed by atoms with van der Waals surface area (Å²) in [5, 5.41) is 0. The van der Waals surface area contributed by atoms with E-state index in [9.17, 15) is 0 Å². The van der Waals surface area contributed by atoms with Crippen molar-refractivity contribution in [1.82, 2.24) is 4.57 Å². The number of aryl methyl sites for hydroxylation is 2. The van der Waals surface area contributed by atoms with Gasteiger partial charge >= 0.3 is 0 Å². The van der Waals surface area contributed by atoms with Gasteiger partial charge in [-0.05, 0) is 32.1 Å². The maximum atomic E-state index is 2.64. The van der Waals surface area contributed by atoms with Gasteiger partial charge in [0.1, 0.15) is 12.4 Å². The Morgan fingerprint density at radius 3 is 1.07 bits per heavy atom. The van der Waals surface area contributed by atoms with Crippen LogP contribution in [-0.2, 0) is 19.5 Å². The predicted octanol–water partition coefficient (Wildman–Crippen LogP) is 14.6. The summed E-state index contributed by atoms with van der Waals surface area (Å²) in [6.45, 7) is 9.40. The lowest BCUT2D eigenvalue weighted by molar-refractivity contribution is -0.704. The van der Waals surface area contributed by atoms with Crippen LogP contribution in [0.2, 0.25) is 0 Å². The zero-order valence-electron chi connectivity index (χ0n) is 31.7. The average molecular weight is 630 g/mol. The Balaban J connectivity index is 2.21. The number of hydrogen-bond acceptors (Lipinski definition) is 0. The quantitative estimate of drug-likeness (QED) is 0.0511. The van der Waals surface area contributed by atoms with Gasteiger partial charge in [0.15, 0.2) is 0 Å². The molecule has 0 aliphatic rings. The molecule has 0 aliphatic heterocycles. The van der Waals surface area contributed by atoms with Crippen molar-refractivity contribution >= 4 is 0 Å². The van der Waals surface area contributed by atoms with Crippen LogP contribution in [0.1, 0.15) is 245 Å². The molecule has 0 N–H and O–H groups in total. The fourth-order valence-electron chi connectivity index (χ4n) is 7.21. The molecule has 0 aromatic carbocycles. The minimum absolute atomic E-state index is 1.23. The molecule has 0 fully saturated rings. The molecule has 0 radical (unpaired) electrons. The fourth-order valence-corrected chi connectivity index (χ4v) is 7.21. The lowest BCUT2D eigenvalue weighted by Crippen LogP contribution is -2.37. The molecular formula is C43H85N2+. The Kier molecular flexibility index (Phi) is 32.4. The largest absolute Gasteiger partial charge is 0.256 e. The highest BCUT2D eigenvalue weighted by Crippen LogP contribution is 2.16. The van der Waals surface area contributed by atoms with E-state index in [1.165, 1.54) is 238 Å². The summed E-state index contributed by atoms with van der Waals surface area (Å²) in [6.07, 6.45) is 54.9. The average Bonchev–Trinajstić information content (AvgIpc) is 3.43. The summed E-state index contributed by atoms with van der Waals surface area (Å²) in [6, 6.07) is 0. The van der Waals surface area contributed by atoms with Crippen LogP contribution < -0.4 is 4.57 Å². The van der Waals surface area contributed by atoms with Crippen molar-refractivity contribution in [2.45, 2.75) is 259 Å². The van der Waals surface area contributed by atoms with Gasteiger partial charge in [-0.3, -0.25) is 0 Å². The third-order valence-corrected chi connectivity index (χ3v) is 10.3. The van der Waals surface area contributed by atoms with Crippen molar-refractivity contribution in [3.05, 3.63) is 18.2 Å². The minimum atomic E-state index is 1.23. The zero-order valence-corrected chi connectivity index (χ0v) is 31.7. The summed E-state index contributed by atoms with van der Waals surface area (Å²) in [5.41, 5.74) is 0. The third-order valence-electron chi connectivity index (χ3n) is 10.3. The van der Waals surface area contributed by atoms with Crippen LogP contribution in [0.15, 0.2) is 12.4 Å². The van der Waals surface area contributed by atoms with Crippen molar-refractivity contribution < 1.29 is 4.57 Å². The summed E-state index contributed by atoms with van der Waals surface area (Å²) in [7, 11) is 0.